The molecule has 24 heavy (non-hydrogen) atoms. The van der Waals surface area contributed by atoms with Gasteiger partial charge in [-0.1, -0.05) is 118 Å². The molecule has 0 rings (SSSR count). The third-order valence-electron chi connectivity index (χ3n) is 3.84. The van der Waals surface area contributed by atoms with Gasteiger partial charge in [-0.15, -0.1) is 23.2 Å². The molecule has 0 heterocycles. The Kier molecular flexibility index (Phi) is 24.8. The van der Waals surface area contributed by atoms with Crippen LogP contribution in [0.4, 0.5) is 0 Å². The Labute approximate surface area is 181 Å². The Morgan fingerprint density at radius 1 is 0.792 bits per heavy atom. The maximum absolute atomic E-state index is 5.67. The lowest BCUT2D eigenvalue weighted by molar-refractivity contribution is 0.612. The topological polar surface area (TPSA) is 0 Å². The summed E-state index contributed by atoms with van der Waals surface area (Å²) < 4.78 is -1.04. The van der Waals surface area contributed by atoms with Gasteiger partial charge in [0.25, 0.3) is 0 Å². The van der Waals surface area contributed by atoms with Gasteiger partial charge in [0, 0.05) is 10.2 Å². The molecule has 148 valence electrons. The van der Waals surface area contributed by atoms with Crippen molar-refractivity contribution in [3.8, 4) is 0 Å². The van der Waals surface area contributed by atoms with Crippen LogP contribution in [0.15, 0.2) is 0 Å². The van der Waals surface area contributed by atoms with Crippen LogP contribution in [0.25, 0.3) is 0 Å². The van der Waals surface area contributed by atoms with E-state index in [1.807, 2.05) is 0 Å². The predicted octanol–water partition coefficient (Wildman–Crippen LogP) is 7.18. The summed E-state index contributed by atoms with van der Waals surface area (Å²) in [5.41, 5.74) is 0. The smallest absolute Gasteiger partial charge is 0.110 e. The summed E-state index contributed by atoms with van der Waals surface area (Å²) in [5.74, 6) is 0. The zero-order valence-electron chi connectivity index (χ0n) is 15.6. The third-order valence-corrected chi connectivity index (χ3v) is 7.77. The number of hydrogen-bond acceptors (Lipinski definition) is 0. The van der Waals surface area contributed by atoms with Crippen molar-refractivity contribution in [2.24, 2.45) is 0 Å². The van der Waals surface area contributed by atoms with Crippen LogP contribution >= 0.6 is 58.0 Å². The number of hydrogen-bond donors (Lipinski definition) is 0. The molecule has 0 bridgehead atoms. The molecule has 0 atom stereocenters. The van der Waals surface area contributed by atoms with Gasteiger partial charge in [-0.3, -0.25) is 0 Å². The van der Waals surface area contributed by atoms with Crippen LogP contribution in [-0.2, 0) is 0 Å². The SMILES string of the molecule is CCCCCCCC[SiH2]C(Cl)Cl.[SiH3]CCCCCCCC(Cl)(Cl)Cl. The minimum atomic E-state index is -1.03. The fourth-order valence-corrected chi connectivity index (χ4v) is 5.14. The molecule has 0 saturated heterocycles. The Balaban J connectivity index is 0. The van der Waals surface area contributed by atoms with E-state index in [1.165, 1.54) is 86.5 Å². The summed E-state index contributed by atoms with van der Waals surface area (Å²) in [6, 6.07) is 2.74. The van der Waals surface area contributed by atoms with Gasteiger partial charge >= 0.3 is 0 Å². The first kappa shape index (κ1) is 28.1. The predicted molar refractivity (Wildman–Crippen MR) is 125 cm³/mol. The van der Waals surface area contributed by atoms with Crippen molar-refractivity contribution in [1.29, 1.82) is 0 Å². The van der Waals surface area contributed by atoms with Gasteiger partial charge in [-0.2, -0.15) is 0 Å². The maximum atomic E-state index is 5.67. The van der Waals surface area contributed by atoms with Crippen LogP contribution in [0.1, 0.15) is 84.0 Å². The summed E-state index contributed by atoms with van der Waals surface area (Å²) >= 11 is 28.2. The lowest BCUT2D eigenvalue weighted by atomic mass is 10.1. The summed E-state index contributed by atoms with van der Waals surface area (Å²) in [5, 5.41) is 0. The molecule has 0 fully saturated rings. The second-order valence-electron chi connectivity index (χ2n) is 6.43. The van der Waals surface area contributed by atoms with E-state index in [9.17, 15) is 0 Å². The lowest BCUT2D eigenvalue weighted by Crippen LogP contribution is -2.00. The molecule has 0 aromatic heterocycles. The summed E-state index contributed by atoms with van der Waals surface area (Å²) in [6.07, 6.45) is 15.2. The fraction of sp³-hybridized carbons (Fsp3) is 1.00. The van der Waals surface area contributed by atoms with Gasteiger partial charge in [0.15, 0.2) is 3.79 Å². The van der Waals surface area contributed by atoms with E-state index >= 15 is 0 Å². The molecule has 0 aliphatic rings. The molecule has 0 aliphatic carbocycles. The van der Waals surface area contributed by atoms with Crippen LogP contribution in [0.3, 0.4) is 0 Å². The number of rotatable bonds is 14. The molecule has 0 aromatic rings. The Morgan fingerprint density at radius 2 is 1.29 bits per heavy atom. The van der Waals surface area contributed by atoms with Gasteiger partial charge in [-0.05, 0) is 12.8 Å². The Bertz CT molecular complexity index is 236. The van der Waals surface area contributed by atoms with Gasteiger partial charge in [0.2, 0.25) is 0 Å². The molecule has 0 radical (unpaired) electrons. The van der Waals surface area contributed by atoms with Crippen molar-refractivity contribution in [2.45, 2.75) is 104 Å². The molecule has 0 amide bonds. The van der Waals surface area contributed by atoms with Crippen LogP contribution in [0.2, 0.25) is 12.1 Å². The molecule has 0 N–H and O–H groups in total. The second kappa shape index (κ2) is 21.2. The largest absolute Gasteiger partial charge is 0.190 e. The van der Waals surface area contributed by atoms with Crippen molar-refractivity contribution < 1.29 is 0 Å². The third kappa shape index (κ3) is 31.6. The average molecular weight is 475 g/mol. The van der Waals surface area contributed by atoms with Crippen LogP contribution in [-0.4, -0.2) is 28.0 Å². The molecular formula is C17H37Cl5Si2. The van der Waals surface area contributed by atoms with Crippen LogP contribution in [0.5, 0.6) is 0 Å². The maximum Gasteiger partial charge on any atom is 0.190 e. The monoisotopic (exact) mass is 472 g/mol. The van der Waals surface area contributed by atoms with E-state index in [1.54, 1.807) is 0 Å². The zero-order chi connectivity index (χ0) is 18.7. The zero-order valence-corrected chi connectivity index (χ0v) is 22.8. The van der Waals surface area contributed by atoms with E-state index in [0.29, 0.717) is 6.42 Å². The van der Waals surface area contributed by atoms with E-state index in [4.69, 9.17) is 58.0 Å². The van der Waals surface area contributed by atoms with Crippen LogP contribution < -0.4 is 0 Å². The molecule has 7 heteroatoms. The quantitative estimate of drug-likeness (QED) is 0.142. The van der Waals surface area contributed by atoms with E-state index in [-0.39, 0.29) is 14.0 Å². The van der Waals surface area contributed by atoms with Crippen molar-refractivity contribution >= 4 is 77.8 Å². The van der Waals surface area contributed by atoms with E-state index in [2.05, 4.69) is 6.92 Å². The summed E-state index contributed by atoms with van der Waals surface area (Å²) in [6.45, 7) is 2.25. The highest BCUT2D eigenvalue weighted by Crippen LogP contribution is 2.32. The van der Waals surface area contributed by atoms with E-state index < -0.39 is 3.79 Å². The number of halogens is 5. The number of unbranched alkanes of at least 4 members (excludes halogenated alkanes) is 9. The van der Waals surface area contributed by atoms with Gasteiger partial charge < -0.3 is 0 Å². The molecule has 0 aliphatic heterocycles. The first-order chi connectivity index (χ1) is 11.3. The summed E-state index contributed by atoms with van der Waals surface area (Å²) in [4.78, 5) is 0. The van der Waals surface area contributed by atoms with Crippen molar-refractivity contribution in [3.05, 3.63) is 0 Å². The molecule has 0 saturated carbocycles. The minimum Gasteiger partial charge on any atom is -0.110 e. The minimum absolute atomic E-state index is 0.0133. The highest BCUT2D eigenvalue weighted by molar-refractivity contribution is 6.68. The summed E-state index contributed by atoms with van der Waals surface area (Å²) in [7, 11) is 1.18. The highest BCUT2D eigenvalue weighted by Gasteiger charge is 2.17. The van der Waals surface area contributed by atoms with E-state index in [0.717, 1.165) is 6.42 Å². The second-order valence-corrected chi connectivity index (χ2v) is 14.4. The first-order valence-corrected chi connectivity index (χ1v) is 14.9. The van der Waals surface area contributed by atoms with Gasteiger partial charge in [0.05, 0.1) is 14.0 Å². The normalized spacial score (nSPS) is 12.1. The Morgan fingerprint density at radius 3 is 1.79 bits per heavy atom. The molecule has 0 aromatic carbocycles. The average Bonchev–Trinajstić information content (AvgIpc) is 2.49. The van der Waals surface area contributed by atoms with Gasteiger partial charge in [-0.25, -0.2) is 0 Å². The molecule has 0 nitrogen and oxygen atoms in total. The number of alkyl halides is 5. The van der Waals surface area contributed by atoms with Crippen molar-refractivity contribution in [1.82, 2.24) is 0 Å². The van der Waals surface area contributed by atoms with Crippen molar-refractivity contribution in [3.63, 3.8) is 0 Å². The van der Waals surface area contributed by atoms with Gasteiger partial charge in [0.1, 0.15) is 0 Å². The van der Waals surface area contributed by atoms with Crippen molar-refractivity contribution in [2.75, 3.05) is 0 Å². The first-order valence-electron chi connectivity index (χ1n) is 9.68. The highest BCUT2D eigenvalue weighted by atomic mass is 35.6. The Hall–Kier alpha value is 1.88. The van der Waals surface area contributed by atoms with Crippen LogP contribution in [0, 0.1) is 0 Å². The fourth-order valence-electron chi connectivity index (χ4n) is 2.36. The molecule has 0 unspecified atom stereocenters. The molecule has 0 spiro atoms. The lowest BCUT2D eigenvalue weighted by Gasteiger charge is -2.09. The standard InChI is InChI=1S/C9H20Cl2Si.C8H17Cl3Si/c1-2-3-4-5-6-7-8-12-9(10)11;9-8(10,11)6-4-2-1-3-5-7-12/h9H,2-8,12H2,1H3;1-7H2,12H3. The molecular weight excluding hydrogens is 438 g/mol.